The second-order valence-corrected chi connectivity index (χ2v) is 9.86. The van der Waals surface area contributed by atoms with Crippen molar-refractivity contribution in [2.75, 3.05) is 30.5 Å². The molecule has 1 amide bonds. The first kappa shape index (κ1) is 22.7. The van der Waals surface area contributed by atoms with Crippen LogP contribution < -0.4 is 18.7 Å². The Bertz CT molecular complexity index is 1290. The van der Waals surface area contributed by atoms with Gasteiger partial charge in [-0.15, -0.1) is 0 Å². The number of para-hydroxylation sites is 1. The number of hydrogen-bond acceptors (Lipinski definition) is 5. The number of hydrogen-bond donors (Lipinski definition) is 0. The number of nitrogens with zero attached hydrogens (tertiary/aromatic N) is 2. The molecule has 0 unspecified atom stereocenters. The Morgan fingerprint density at radius 2 is 1.64 bits per heavy atom. The highest BCUT2D eigenvalue weighted by molar-refractivity contribution is 7.92. The molecule has 1 heterocycles. The molecule has 8 heteroatoms. The van der Waals surface area contributed by atoms with Crippen LogP contribution in [0.4, 0.5) is 11.4 Å². The monoisotopic (exact) mass is 466 g/mol. The molecule has 3 aromatic rings. The van der Waals surface area contributed by atoms with Gasteiger partial charge < -0.3 is 14.4 Å². The van der Waals surface area contributed by atoms with Crippen molar-refractivity contribution < 1.29 is 22.7 Å². The van der Waals surface area contributed by atoms with Crippen LogP contribution in [0.1, 0.15) is 22.8 Å². The highest BCUT2D eigenvalue weighted by Gasteiger charge is 2.31. The number of carbonyl (C=O) groups excluding carboxylic acids is 1. The van der Waals surface area contributed by atoms with Crippen molar-refractivity contribution in [2.45, 2.75) is 24.3 Å². The summed E-state index contributed by atoms with van der Waals surface area (Å²) in [4.78, 5) is 15.1. The topological polar surface area (TPSA) is 76.2 Å². The highest BCUT2D eigenvalue weighted by Crippen LogP contribution is 2.34. The standard InChI is InChI=1S/C25H26N2O5S/c1-17-15-19-7-5-6-8-22(19)27(17)25(28)18-9-11-20(12-10-18)26(2)33(29,30)21-13-14-23(31-3)24(16-21)32-4/h5-14,16-17H,15H2,1-4H3/t17-/m0/s1. The van der Waals surface area contributed by atoms with Crippen LogP contribution in [0.2, 0.25) is 0 Å². The smallest absolute Gasteiger partial charge is 0.264 e. The zero-order chi connectivity index (χ0) is 23.8. The van der Waals surface area contributed by atoms with Gasteiger partial charge >= 0.3 is 0 Å². The third-order valence-corrected chi connectivity index (χ3v) is 7.70. The molecule has 1 atom stereocenters. The molecule has 7 nitrogen and oxygen atoms in total. The maximum Gasteiger partial charge on any atom is 0.264 e. The van der Waals surface area contributed by atoms with E-state index in [2.05, 4.69) is 0 Å². The molecule has 0 saturated carbocycles. The largest absolute Gasteiger partial charge is 0.493 e. The van der Waals surface area contributed by atoms with Crippen LogP contribution in [-0.4, -0.2) is 41.6 Å². The Morgan fingerprint density at radius 1 is 0.970 bits per heavy atom. The van der Waals surface area contributed by atoms with Crippen LogP contribution in [0.25, 0.3) is 0 Å². The van der Waals surface area contributed by atoms with Crippen molar-refractivity contribution >= 4 is 27.3 Å². The van der Waals surface area contributed by atoms with Crippen molar-refractivity contribution in [2.24, 2.45) is 0 Å². The molecule has 0 spiro atoms. The number of anilines is 2. The number of methoxy groups -OCH3 is 2. The van der Waals surface area contributed by atoms with Gasteiger partial charge in [0.1, 0.15) is 0 Å². The molecule has 1 aliphatic heterocycles. The lowest BCUT2D eigenvalue weighted by Gasteiger charge is -2.24. The fourth-order valence-corrected chi connectivity index (χ4v) is 5.31. The van der Waals surface area contributed by atoms with Crippen molar-refractivity contribution in [1.29, 1.82) is 0 Å². The number of carbonyl (C=O) groups is 1. The van der Waals surface area contributed by atoms with Gasteiger partial charge in [-0.05, 0) is 61.4 Å². The van der Waals surface area contributed by atoms with Crippen LogP contribution in [0.3, 0.4) is 0 Å². The van der Waals surface area contributed by atoms with Gasteiger partial charge in [0.25, 0.3) is 15.9 Å². The summed E-state index contributed by atoms with van der Waals surface area (Å²) in [5.41, 5.74) is 3.01. The number of rotatable bonds is 6. The number of amides is 1. The second kappa shape index (κ2) is 8.78. The molecular formula is C25H26N2O5S. The van der Waals surface area contributed by atoms with E-state index in [-0.39, 0.29) is 16.8 Å². The minimum atomic E-state index is -3.84. The average molecular weight is 467 g/mol. The SMILES string of the molecule is COc1ccc(S(=O)(=O)N(C)c2ccc(C(=O)N3c4ccccc4C[C@@H]3C)cc2)cc1OC. The van der Waals surface area contributed by atoms with Crippen LogP contribution in [0.5, 0.6) is 11.5 Å². The minimum absolute atomic E-state index is 0.0580. The fraction of sp³-hybridized carbons (Fsp3) is 0.240. The Kier molecular flexibility index (Phi) is 6.03. The zero-order valence-corrected chi connectivity index (χ0v) is 19.8. The molecule has 0 bridgehead atoms. The summed E-state index contributed by atoms with van der Waals surface area (Å²) >= 11 is 0. The highest BCUT2D eigenvalue weighted by atomic mass is 32.2. The van der Waals surface area contributed by atoms with Gasteiger partial charge in [0.2, 0.25) is 0 Å². The van der Waals surface area contributed by atoms with E-state index in [4.69, 9.17) is 9.47 Å². The molecule has 0 aliphatic carbocycles. The lowest BCUT2D eigenvalue weighted by Crippen LogP contribution is -2.35. The molecule has 3 aromatic carbocycles. The maximum atomic E-state index is 13.2. The van der Waals surface area contributed by atoms with Crippen LogP contribution in [-0.2, 0) is 16.4 Å². The predicted molar refractivity (Wildman–Crippen MR) is 128 cm³/mol. The van der Waals surface area contributed by atoms with Crippen LogP contribution >= 0.6 is 0 Å². The van der Waals surface area contributed by atoms with E-state index in [0.717, 1.165) is 17.7 Å². The summed E-state index contributed by atoms with van der Waals surface area (Å²) in [5, 5.41) is 0. The van der Waals surface area contributed by atoms with Crippen molar-refractivity contribution in [1.82, 2.24) is 0 Å². The molecule has 0 N–H and O–H groups in total. The first-order chi connectivity index (χ1) is 15.8. The Hall–Kier alpha value is -3.52. The van der Waals surface area contributed by atoms with E-state index in [9.17, 15) is 13.2 Å². The van der Waals surface area contributed by atoms with E-state index in [0.29, 0.717) is 22.7 Å². The number of benzene rings is 3. The van der Waals surface area contributed by atoms with Gasteiger partial charge in [-0.1, -0.05) is 18.2 Å². The maximum absolute atomic E-state index is 13.2. The molecule has 172 valence electrons. The average Bonchev–Trinajstić information content (AvgIpc) is 3.18. The quantitative estimate of drug-likeness (QED) is 0.546. The number of sulfonamides is 1. The Balaban J connectivity index is 1.59. The van der Waals surface area contributed by atoms with E-state index < -0.39 is 10.0 Å². The van der Waals surface area contributed by atoms with Crippen LogP contribution in [0.15, 0.2) is 71.6 Å². The normalized spacial score (nSPS) is 15.2. The third-order valence-electron chi connectivity index (χ3n) is 5.92. The summed E-state index contributed by atoms with van der Waals surface area (Å²) in [6.07, 6.45) is 0.812. The molecule has 0 aromatic heterocycles. The first-order valence-corrected chi connectivity index (χ1v) is 11.9. The molecule has 0 fully saturated rings. The van der Waals surface area contributed by atoms with Crippen molar-refractivity contribution in [3.05, 3.63) is 77.9 Å². The third kappa shape index (κ3) is 4.02. The summed E-state index contributed by atoms with van der Waals surface area (Å²) < 4.78 is 37.9. The summed E-state index contributed by atoms with van der Waals surface area (Å²) in [7, 11) is 0.569. The van der Waals surface area contributed by atoms with E-state index in [1.165, 1.54) is 37.7 Å². The van der Waals surface area contributed by atoms with Crippen molar-refractivity contribution in [3.63, 3.8) is 0 Å². The summed E-state index contributed by atoms with van der Waals surface area (Å²) in [5.74, 6) is 0.664. The second-order valence-electron chi connectivity index (χ2n) is 7.89. The molecule has 0 radical (unpaired) electrons. The van der Waals surface area contributed by atoms with Gasteiger partial charge in [-0.2, -0.15) is 0 Å². The number of fused-ring (bicyclic) bond motifs is 1. The van der Waals surface area contributed by atoms with Gasteiger partial charge in [0, 0.05) is 30.4 Å². The van der Waals surface area contributed by atoms with E-state index >= 15 is 0 Å². The first-order valence-electron chi connectivity index (χ1n) is 10.5. The molecule has 0 saturated heterocycles. The molecule has 4 rings (SSSR count). The lowest BCUT2D eigenvalue weighted by molar-refractivity contribution is 0.0981. The molecular weight excluding hydrogens is 440 g/mol. The summed E-state index contributed by atoms with van der Waals surface area (Å²) in [6, 6.07) is 19.0. The minimum Gasteiger partial charge on any atom is -0.493 e. The van der Waals surface area contributed by atoms with Gasteiger partial charge in [0.05, 0.1) is 24.8 Å². The van der Waals surface area contributed by atoms with Crippen LogP contribution in [0, 0.1) is 0 Å². The molecule has 1 aliphatic rings. The van der Waals surface area contributed by atoms with Crippen molar-refractivity contribution in [3.8, 4) is 11.5 Å². The molecule has 33 heavy (non-hydrogen) atoms. The lowest BCUT2D eigenvalue weighted by atomic mass is 10.1. The predicted octanol–water partition coefficient (Wildman–Crippen LogP) is 4.12. The zero-order valence-electron chi connectivity index (χ0n) is 19.0. The van der Waals surface area contributed by atoms with Gasteiger partial charge in [-0.3, -0.25) is 9.10 Å². The van der Waals surface area contributed by atoms with E-state index in [1.54, 1.807) is 35.2 Å². The van der Waals surface area contributed by atoms with E-state index in [1.807, 2.05) is 31.2 Å². The summed E-state index contributed by atoms with van der Waals surface area (Å²) in [6.45, 7) is 2.02. The fourth-order valence-electron chi connectivity index (χ4n) is 4.10. The Morgan fingerprint density at radius 3 is 2.30 bits per heavy atom. The Labute approximate surface area is 194 Å². The van der Waals surface area contributed by atoms with Gasteiger partial charge in [0.15, 0.2) is 11.5 Å². The number of ether oxygens (including phenoxy) is 2. The van der Waals surface area contributed by atoms with Gasteiger partial charge in [-0.25, -0.2) is 8.42 Å².